The summed E-state index contributed by atoms with van der Waals surface area (Å²) >= 11 is 0. The minimum absolute atomic E-state index is 0.0174. The van der Waals surface area contributed by atoms with Gasteiger partial charge in [-0.1, -0.05) is 0 Å². The van der Waals surface area contributed by atoms with Crippen LogP contribution in [0.25, 0.3) is 0 Å². The second-order valence-electron chi connectivity index (χ2n) is 7.83. The van der Waals surface area contributed by atoms with E-state index in [1.54, 1.807) is 14.1 Å². The maximum atomic E-state index is 12.5. The number of unbranched alkanes of at least 4 members (excludes halogenated alkanes) is 2. The number of ketones is 1. The summed E-state index contributed by atoms with van der Waals surface area (Å²) in [6, 6.07) is -0.281. The van der Waals surface area contributed by atoms with Crippen molar-refractivity contribution in [3.63, 3.8) is 0 Å². The fourth-order valence-corrected chi connectivity index (χ4v) is 3.93. The van der Waals surface area contributed by atoms with E-state index in [4.69, 9.17) is 4.55 Å². The van der Waals surface area contributed by atoms with Crippen molar-refractivity contribution in [3.8, 4) is 0 Å². The molecule has 1 fully saturated rings. The smallest absolute Gasteiger partial charge is 0.333 e. The van der Waals surface area contributed by atoms with Gasteiger partial charge in [0.2, 0.25) is 5.91 Å². The number of carbonyl (C=O) groups excluding carboxylic acids is 5. The molecule has 182 valence electrons. The Hall–Kier alpha value is -2.38. The standard InChI is InChI=1S/C19H31N3O9S/c1-13(23)20-11-7-6-8-14(21(2)3)15(24)9-4-5-10-18(26)31-22-17(25)12-16(19(22)27)32(28,29)30/h14,16H,4-12H2,1-3H3,(H,20,23)(H,28,29,30). The van der Waals surface area contributed by atoms with Crippen LogP contribution in [0.1, 0.15) is 58.3 Å². The van der Waals surface area contributed by atoms with E-state index in [9.17, 15) is 32.4 Å². The van der Waals surface area contributed by atoms with Crippen molar-refractivity contribution >= 4 is 39.6 Å². The summed E-state index contributed by atoms with van der Waals surface area (Å²) in [6.45, 7) is 2.00. The number of carbonyl (C=O) groups is 5. The van der Waals surface area contributed by atoms with Crippen LogP contribution in [0.4, 0.5) is 0 Å². The van der Waals surface area contributed by atoms with Crippen molar-refractivity contribution in [1.82, 2.24) is 15.3 Å². The molecule has 0 bridgehead atoms. The summed E-state index contributed by atoms with van der Waals surface area (Å²) in [7, 11) is -1.17. The Morgan fingerprint density at radius 2 is 1.78 bits per heavy atom. The maximum absolute atomic E-state index is 12.5. The van der Waals surface area contributed by atoms with Gasteiger partial charge in [-0.05, 0) is 46.2 Å². The summed E-state index contributed by atoms with van der Waals surface area (Å²) in [6.07, 6.45) is 2.08. The summed E-state index contributed by atoms with van der Waals surface area (Å²) in [5.41, 5.74) is 0. The molecule has 13 heteroatoms. The van der Waals surface area contributed by atoms with Crippen LogP contribution in [-0.2, 0) is 38.9 Å². The van der Waals surface area contributed by atoms with Gasteiger partial charge in [0.15, 0.2) is 5.25 Å². The van der Waals surface area contributed by atoms with Crippen molar-refractivity contribution in [2.24, 2.45) is 0 Å². The predicted octanol–water partition coefficient (Wildman–Crippen LogP) is -0.174. The number of amides is 3. The lowest BCUT2D eigenvalue weighted by Crippen LogP contribution is -2.36. The molecule has 2 atom stereocenters. The topological polar surface area (TPSA) is 167 Å². The number of rotatable bonds is 14. The third-order valence-corrected chi connectivity index (χ3v) is 6.03. The molecule has 0 saturated carbocycles. The summed E-state index contributed by atoms with van der Waals surface area (Å²) < 4.78 is 31.1. The van der Waals surface area contributed by atoms with E-state index < -0.39 is 39.6 Å². The van der Waals surface area contributed by atoms with Crippen LogP contribution in [0.5, 0.6) is 0 Å². The molecule has 0 spiro atoms. The fourth-order valence-electron chi connectivity index (χ4n) is 3.23. The number of nitrogens with one attached hydrogen (secondary N) is 1. The van der Waals surface area contributed by atoms with Crippen LogP contribution in [0.15, 0.2) is 0 Å². The molecule has 0 aromatic heterocycles. The van der Waals surface area contributed by atoms with E-state index in [1.807, 2.05) is 4.90 Å². The van der Waals surface area contributed by atoms with Gasteiger partial charge >= 0.3 is 5.97 Å². The molecule has 2 N–H and O–H groups in total. The van der Waals surface area contributed by atoms with Crippen molar-refractivity contribution in [2.75, 3.05) is 20.6 Å². The molecule has 0 aromatic rings. The minimum atomic E-state index is -4.78. The van der Waals surface area contributed by atoms with Crippen LogP contribution in [0.3, 0.4) is 0 Å². The molecule has 1 heterocycles. The first-order valence-corrected chi connectivity index (χ1v) is 11.8. The zero-order chi connectivity index (χ0) is 24.5. The van der Waals surface area contributed by atoms with Crippen LogP contribution in [0.2, 0.25) is 0 Å². The van der Waals surface area contributed by atoms with Crippen molar-refractivity contribution < 1.29 is 41.8 Å². The van der Waals surface area contributed by atoms with Gasteiger partial charge in [-0.3, -0.25) is 28.6 Å². The van der Waals surface area contributed by atoms with E-state index in [0.717, 1.165) is 12.8 Å². The lowest BCUT2D eigenvalue weighted by Gasteiger charge is -2.23. The number of Topliss-reactive ketones (excluding diaryl/α,β-unsaturated/α-hetero) is 1. The molecule has 1 rings (SSSR count). The molecule has 0 aromatic carbocycles. The number of nitrogens with zero attached hydrogens (tertiary/aromatic N) is 2. The van der Waals surface area contributed by atoms with Gasteiger partial charge in [-0.25, -0.2) is 4.79 Å². The SMILES string of the molecule is CC(=O)NCCCCC(C(=O)CCCCC(=O)ON1C(=O)CC(S(=O)(=O)O)C1=O)N(C)C. The van der Waals surface area contributed by atoms with Crippen molar-refractivity contribution in [3.05, 3.63) is 0 Å². The number of imide groups is 1. The third-order valence-electron chi connectivity index (χ3n) is 4.94. The van der Waals surface area contributed by atoms with Gasteiger partial charge in [0, 0.05) is 26.3 Å². The highest BCUT2D eigenvalue weighted by atomic mass is 32.2. The first-order valence-electron chi connectivity index (χ1n) is 10.3. The molecular formula is C19H31N3O9S. The van der Waals surface area contributed by atoms with E-state index >= 15 is 0 Å². The summed E-state index contributed by atoms with van der Waals surface area (Å²) in [5.74, 6) is -3.34. The van der Waals surface area contributed by atoms with E-state index in [1.165, 1.54) is 6.92 Å². The molecule has 0 radical (unpaired) electrons. The predicted molar refractivity (Wildman–Crippen MR) is 111 cm³/mol. The number of hydrogen-bond acceptors (Lipinski definition) is 9. The van der Waals surface area contributed by atoms with Crippen LogP contribution < -0.4 is 5.32 Å². The molecule has 2 unspecified atom stereocenters. The normalized spacial score (nSPS) is 17.5. The highest BCUT2D eigenvalue weighted by Gasteiger charge is 2.48. The average molecular weight is 478 g/mol. The lowest BCUT2D eigenvalue weighted by atomic mass is 9.99. The molecule has 12 nitrogen and oxygen atoms in total. The fraction of sp³-hybridized carbons (Fsp3) is 0.737. The Labute approximate surface area is 187 Å². The molecule has 1 saturated heterocycles. The number of hydroxylamine groups is 2. The van der Waals surface area contributed by atoms with Gasteiger partial charge in [-0.15, -0.1) is 5.06 Å². The lowest BCUT2D eigenvalue weighted by molar-refractivity contribution is -0.197. The highest BCUT2D eigenvalue weighted by Crippen LogP contribution is 2.20. The van der Waals surface area contributed by atoms with E-state index in [0.29, 0.717) is 19.4 Å². The van der Waals surface area contributed by atoms with Crippen LogP contribution in [-0.4, -0.2) is 84.3 Å². The first-order chi connectivity index (χ1) is 14.8. The minimum Gasteiger partial charge on any atom is -0.356 e. The van der Waals surface area contributed by atoms with E-state index in [-0.39, 0.29) is 42.1 Å². The molecule has 3 amide bonds. The Bertz CT molecular complexity index is 826. The zero-order valence-electron chi connectivity index (χ0n) is 18.5. The molecule has 1 aliphatic rings. The molecule has 32 heavy (non-hydrogen) atoms. The van der Waals surface area contributed by atoms with Gasteiger partial charge in [-0.2, -0.15) is 8.42 Å². The largest absolute Gasteiger partial charge is 0.356 e. The monoisotopic (exact) mass is 477 g/mol. The Morgan fingerprint density at radius 1 is 1.16 bits per heavy atom. The van der Waals surface area contributed by atoms with Crippen LogP contribution >= 0.6 is 0 Å². The molecular weight excluding hydrogens is 446 g/mol. The average Bonchev–Trinajstić information content (AvgIpc) is 2.95. The molecule has 1 aliphatic heterocycles. The Balaban J connectivity index is 2.37. The second kappa shape index (κ2) is 12.6. The summed E-state index contributed by atoms with van der Waals surface area (Å²) in [5, 5.41) is 0.796. The van der Waals surface area contributed by atoms with Gasteiger partial charge < -0.3 is 10.2 Å². The van der Waals surface area contributed by atoms with Gasteiger partial charge in [0.05, 0.1) is 12.5 Å². The third kappa shape index (κ3) is 9.01. The second-order valence-corrected chi connectivity index (χ2v) is 9.43. The van der Waals surface area contributed by atoms with Gasteiger partial charge in [0.25, 0.3) is 21.9 Å². The number of likely N-dealkylation sites (N-methyl/N-ethyl adjacent to an activating group) is 1. The Morgan fingerprint density at radius 3 is 2.31 bits per heavy atom. The van der Waals surface area contributed by atoms with Crippen molar-refractivity contribution in [1.29, 1.82) is 0 Å². The highest BCUT2D eigenvalue weighted by molar-refractivity contribution is 7.87. The van der Waals surface area contributed by atoms with Crippen LogP contribution in [0, 0.1) is 0 Å². The molecule has 0 aliphatic carbocycles. The number of hydrogen-bond donors (Lipinski definition) is 2. The van der Waals surface area contributed by atoms with Gasteiger partial charge in [0.1, 0.15) is 5.78 Å². The zero-order valence-corrected chi connectivity index (χ0v) is 19.4. The quantitative estimate of drug-likeness (QED) is 0.195. The first kappa shape index (κ1) is 27.7. The maximum Gasteiger partial charge on any atom is 0.333 e. The summed E-state index contributed by atoms with van der Waals surface area (Å²) in [4.78, 5) is 65.2. The van der Waals surface area contributed by atoms with E-state index in [2.05, 4.69) is 10.2 Å². The Kier molecular flexibility index (Phi) is 10.9. The van der Waals surface area contributed by atoms with Crippen molar-refractivity contribution in [2.45, 2.75) is 69.6 Å².